The largest absolute Gasteiger partial charge is 0.405 e. The first kappa shape index (κ1) is 10.5. The van der Waals surface area contributed by atoms with Gasteiger partial charge >= 0.3 is 5.97 Å². The molecule has 0 amide bonds. The van der Waals surface area contributed by atoms with Crippen LogP contribution in [0.25, 0.3) is 11.2 Å². The highest BCUT2D eigenvalue weighted by molar-refractivity contribution is 5.82. The number of esters is 1. The van der Waals surface area contributed by atoms with Gasteiger partial charge in [0, 0.05) is 0 Å². The minimum absolute atomic E-state index is 0.211. The Kier molecular flexibility index (Phi) is 2.34. The number of fused-ring (bicyclic) bond motifs is 1. The van der Waals surface area contributed by atoms with Crippen LogP contribution >= 0.6 is 0 Å². The molecule has 0 aliphatic rings. The molecule has 2 heterocycles. The van der Waals surface area contributed by atoms with Crippen LogP contribution in [0.2, 0.25) is 0 Å². The van der Waals surface area contributed by atoms with Crippen LogP contribution in [-0.4, -0.2) is 25.9 Å². The van der Waals surface area contributed by atoms with Gasteiger partial charge in [-0.05, 0) is 20.8 Å². The van der Waals surface area contributed by atoms with E-state index >= 15 is 0 Å². The molecule has 0 atom stereocenters. The van der Waals surface area contributed by atoms with Crippen molar-refractivity contribution < 1.29 is 9.53 Å². The number of aromatic amines is 1. The fourth-order valence-corrected chi connectivity index (χ4v) is 1.06. The van der Waals surface area contributed by atoms with Gasteiger partial charge in [-0.25, -0.2) is 9.97 Å². The molecular weight excluding hydrogens is 208 g/mol. The molecule has 2 rings (SSSR count). The number of H-pyrrole nitrogens is 1. The summed E-state index contributed by atoms with van der Waals surface area (Å²) < 4.78 is 5.19. The Morgan fingerprint density at radius 2 is 2.06 bits per heavy atom. The molecule has 0 bridgehead atoms. The molecule has 0 unspecified atom stereocenters. The highest BCUT2D eigenvalue weighted by Crippen LogP contribution is 2.21. The van der Waals surface area contributed by atoms with E-state index in [4.69, 9.17) is 4.74 Å². The van der Waals surface area contributed by atoms with E-state index in [1.54, 1.807) is 20.8 Å². The molecule has 16 heavy (non-hydrogen) atoms. The van der Waals surface area contributed by atoms with Crippen LogP contribution in [0.4, 0.5) is 0 Å². The van der Waals surface area contributed by atoms with Crippen LogP contribution in [-0.2, 0) is 4.79 Å². The molecule has 0 saturated heterocycles. The Hall–Kier alpha value is -1.98. The summed E-state index contributed by atoms with van der Waals surface area (Å²) in [5, 5.41) is 0. The van der Waals surface area contributed by atoms with Crippen molar-refractivity contribution in [3.05, 3.63) is 12.7 Å². The first-order valence-electron chi connectivity index (χ1n) is 4.85. The molecule has 6 nitrogen and oxygen atoms in total. The molecule has 0 aromatic carbocycles. The maximum Gasteiger partial charge on any atom is 0.318 e. The average Bonchev–Trinajstić information content (AvgIpc) is 2.65. The first-order chi connectivity index (χ1) is 7.48. The summed E-state index contributed by atoms with van der Waals surface area (Å²) in [6.07, 6.45) is 2.79. The zero-order valence-electron chi connectivity index (χ0n) is 9.31. The van der Waals surface area contributed by atoms with Gasteiger partial charge in [-0.1, -0.05) is 0 Å². The quantitative estimate of drug-likeness (QED) is 0.733. The summed E-state index contributed by atoms with van der Waals surface area (Å²) in [6.45, 7) is 5.34. The van der Waals surface area contributed by atoms with Gasteiger partial charge in [-0.15, -0.1) is 0 Å². The Morgan fingerprint density at radius 1 is 1.31 bits per heavy atom. The molecule has 0 saturated carbocycles. The highest BCUT2D eigenvalue weighted by atomic mass is 16.5. The molecule has 0 spiro atoms. The Bertz CT molecular complexity index is 527. The van der Waals surface area contributed by atoms with Crippen molar-refractivity contribution in [3.63, 3.8) is 0 Å². The van der Waals surface area contributed by atoms with Gasteiger partial charge in [0.2, 0.25) is 0 Å². The van der Waals surface area contributed by atoms with Crippen LogP contribution < -0.4 is 4.74 Å². The zero-order chi connectivity index (χ0) is 11.8. The van der Waals surface area contributed by atoms with Crippen molar-refractivity contribution in [2.45, 2.75) is 20.8 Å². The van der Waals surface area contributed by atoms with E-state index in [1.165, 1.54) is 12.7 Å². The van der Waals surface area contributed by atoms with E-state index in [1.807, 2.05) is 0 Å². The fraction of sp³-hybridized carbons (Fsp3) is 0.400. The molecule has 1 N–H and O–H groups in total. The lowest BCUT2D eigenvalue weighted by Gasteiger charge is -2.15. The van der Waals surface area contributed by atoms with E-state index in [9.17, 15) is 4.79 Å². The standard InChI is InChI=1S/C10H12N4O2/c1-10(2,3)9(15)16-8-6-7(12-4-11-6)13-5-14-8/h4-5H,1-3H3,(H,11,12,13,14). The molecule has 84 valence electrons. The predicted molar refractivity (Wildman–Crippen MR) is 56.8 cm³/mol. The molecule has 0 aliphatic heterocycles. The van der Waals surface area contributed by atoms with Crippen LogP contribution in [0.5, 0.6) is 5.88 Å². The second kappa shape index (κ2) is 3.55. The summed E-state index contributed by atoms with van der Waals surface area (Å²) in [5.41, 5.74) is 0.434. The van der Waals surface area contributed by atoms with E-state index < -0.39 is 5.41 Å². The van der Waals surface area contributed by atoms with Crippen molar-refractivity contribution >= 4 is 17.1 Å². The maximum absolute atomic E-state index is 11.7. The number of rotatable bonds is 1. The van der Waals surface area contributed by atoms with Crippen LogP contribution in [0.3, 0.4) is 0 Å². The van der Waals surface area contributed by atoms with Crippen molar-refractivity contribution in [3.8, 4) is 5.88 Å². The summed E-state index contributed by atoms with van der Waals surface area (Å²) in [4.78, 5) is 26.3. The number of hydrogen-bond acceptors (Lipinski definition) is 5. The molecule has 0 fully saturated rings. The summed E-state index contributed by atoms with van der Waals surface area (Å²) in [5.74, 6) is -0.135. The number of carbonyl (C=O) groups is 1. The lowest BCUT2D eigenvalue weighted by molar-refractivity contribution is -0.143. The van der Waals surface area contributed by atoms with Gasteiger partial charge < -0.3 is 9.72 Å². The van der Waals surface area contributed by atoms with Gasteiger partial charge in [0.15, 0.2) is 5.65 Å². The van der Waals surface area contributed by atoms with Gasteiger partial charge in [-0.2, -0.15) is 4.98 Å². The van der Waals surface area contributed by atoms with E-state index in [0.29, 0.717) is 11.2 Å². The third kappa shape index (κ3) is 1.86. The van der Waals surface area contributed by atoms with Crippen LogP contribution in [0, 0.1) is 5.41 Å². The van der Waals surface area contributed by atoms with Crippen molar-refractivity contribution in [2.75, 3.05) is 0 Å². The SMILES string of the molecule is CC(C)(C)C(=O)Oc1ncnc2nc[nH]c12. The monoisotopic (exact) mass is 220 g/mol. The Labute approximate surface area is 92.1 Å². The number of nitrogens with one attached hydrogen (secondary N) is 1. The minimum Gasteiger partial charge on any atom is -0.405 e. The van der Waals surface area contributed by atoms with E-state index in [0.717, 1.165) is 0 Å². The van der Waals surface area contributed by atoms with Crippen LogP contribution in [0.15, 0.2) is 12.7 Å². The molecule has 0 aliphatic carbocycles. The minimum atomic E-state index is -0.572. The Balaban J connectivity index is 2.35. The zero-order valence-corrected chi connectivity index (χ0v) is 9.31. The molecule has 6 heteroatoms. The third-order valence-electron chi connectivity index (χ3n) is 1.99. The second-order valence-electron chi connectivity index (χ2n) is 4.42. The maximum atomic E-state index is 11.7. The highest BCUT2D eigenvalue weighted by Gasteiger charge is 2.25. The van der Waals surface area contributed by atoms with Gasteiger partial charge in [0.1, 0.15) is 11.8 Å². The number of ether oxygens (including phenoxy) is 1. The Morgan fingerprint density at radius 3 is 2.75 bits per heavy atom. The lowest BCUT2D eigenvalue weighted by Crippen LogP contribution is -2.26. The average molecular weight is 220 g/mol. The molecular formula is C10H12N4O2. The summed E-state index contributed by atoms with van der Waals surface area (Å²) in [6, 6.07) is 0. The number of carbonyl (C=O) groups excluding carboxylic acids is 1. The molecule has 0 radical (unpaired) electrons. The number of imidazole rings is 1. The lowest BCUT2D eigenvalue weighted by atomic mass is 9.97. The number of nitrogens with zero attached hydrogens (tertiary/aromatic N) is 3. The topological polar surface area (TPSA) is 80.8 Å². The molecule has 2 aromatic heterocycles. The summed E-state index contributed by atoms with van der Waals surface area (Å²) >= 11 is 0. The smallest absolute Gasteiger partial charge is 0.318 e. The summed E-state index contributed by atoms with van der Waals surface area (Å²) in [7, 11) is 0. The van der Waals surface area contributed by atoms with Crippen molar-refractivity contribution in [1.29, 1.82) is 0 Å². The predicted octanol–water partition coefficient (Wildman–Crippen LogP) is 1.30. The van der Waals surface area contributed by atoms with Gasteiger partial charge in [-0.3, -0.25) is 4.79 Å². The first-order valence-corrected chi connectivity index (χ1v) is 4.85. The van der Waals surface area contributed by atoms with Crippen molar-refractivity contribution in [1.82, 2.24) is 19.9 Å². The second-order valence-corrected chi connectivity index (χ2v) is 4.42. The van der Waals surface area contributed by atoms with Crippen LogP contribution in [0.1, 0.15) is 20.8 Å². The number of aromatic nitrogens is 4. The van der Waals surface area contributed by atoms with E-state index in [-0.39, 0.29) is 11.8 Å². The molecule has 2 aromatic rings. The number of hydrogen-bond donors (Lipinski definition) is 1. The van der Waals surface area contributed by atoms with Gasteiger partial charge in [0.25, 0.3) is 5.88 Å². The third-order valence-corrected chi connectivity index (χ3v) is 1.99. The fourth-order valence-electron chi connectivity index (χ4n) is 1.06. The van der Waals surface area contributed by atoms with E-state index in [2.05, 4.69) is 19.9 Å². The van der Waals surface area contributed by atoms with Gasteiger partial charge in [0.05, 0.1) is 11.7 Å². The normalized spacial score (nSPS) is 11.7. The van der Waals surface area contributed by atoms with Crippen molar-refractivity contribution in [2.24, 2.45) is 5.41 Å².